The average molecular weight is 327 g/mol. The van der Waals surface area contributed by atoms with Crippen molar-refractivity contribution in [1.82, 2.24) is 15.0 Å². The molecule has 0 amide bonds. The molecule has 0 aliphatic heterocycles. The normalized spacial score (nSPS) is 11.1. The fourth-order valence-corrected chi connectivity index (χ4v) is 3.59. The molecule has 0 aliphatic carbocycles. The molecule has 23 heavy (non-hydrogen) atoms. The van der Waals surface area contributed by atoms with E-state index in [1.807, 2.05) is 24.5 Å². The van der Waals surface area contributed by atoms with Crippen LogP contribution in [0, 0.1) is 13.8 Å². The predicted octanol–water partition coefficient (Wildman–Crippen LogP) is 2.86. The summed E-state index contributed by atoms with van der Waals surface area (Å²) in [4.78, 5) is 15.7. The van der Waals surface area contributed by atoms with Gasteiger partial charge >= 0.3 is 0 Å². The van der Waals surface area contributed by atoms with Crippen molar-refractivity contribution in [3.05, 3.63) is 46.4 Å². The number of hydrogen-bond donors (Lipinski definition) is 2. The number of aryl methyl sites for hydroxylation is 2. The number of nitrogens with two attached hydrogens (primary N) is 1. The van der Waals surface area contributed by atoms with E-state index in [0.29, 0.717) is 13.0 Å². The maximum Gasteiger partial charge on any atom is 0.138 e. The highest BCUT2D eigenvalue weighted by Crippen LogP contribution is 2.33. The molecule has 3 aromatic heterocycles. The molecule has 0 atom stereocenters. The van der Waals surface area contributed by atoms with E-state index in [-0.39, 0.29) is 0 Å². The van der Waals surface area contributed by atoms with E-state index >= 15 is 0 Å². The SMILES string of the molecule is Cc1sc2nc(CCN)nc(NCCc3ccncc3)c2c1C. The molecular weight excluding hydrogens is 306 g/mol. The average Bonchev–Trinajstić information content (AvgIpc) is 2.83. The summed E-state index contributed by atoms with van der Waals surface area (Å²) in [6.45, 7) is 5.65. The summed E-state index contributed by atoms with van der Waals surface area (Å²) in [6, 6.07) is 4.08. The zero-order valence-corrected chi connectivity index (χ0v) is 14.3. The summed E-state index contributed by atoms with van der Waals surface area (Å²) in [7, 11) is 0. The molecule has 3 rings (SSSR count). The fraction of sp³-hybridized carbons (Fsp3) is 0.353. The molecule has 3 aromatic rings. The minimum Gasteiger partial charge on any atom is -0.369 e. The van der Waals surface area contributed by atoms with Crippen LogP contribution >= 0.6 is 11.3 Å². The number of anilines is 1. The highest BCUT2D eigenvalue weighted by molar-refractivity contribution is 7.18. The van der Waals surface area contributed by atoms with Gasteiger partial charge in [0, 0.05) is 30.2 Å². The molecule has 0 spiro atoms. The molecular formula is C17H21N5S. The summed E-state index contributed by atoms with van der Waals surface area (Å²) in [6.07, 6.45) is 5.28. The number of nitrogens with zero attached hydrogens (tertiary/aromatic N) is 3. The number of thiophene rings is 1. The Morgan fingerprint density at radius 1 is 1.13 bits per heavy atom. The van der Waals surface area contributed by atoms with Crippen LogP contribution < -0.4 is 11.1 Å². The summed E-state index contributed by atoms with van der Waals surface area (Å²) in [5.74, 6) is 1.74. The summed E-state index contributed by atoms with van der Waals surface area (Å²) >= 11 is 1.72. The van der Waals surface area contributed by atoms with Gasteiger partial charge in [-0.05, 0) is 50.1 Å². The van der Waals surface area contributed by atoms with Crippen LogP contribution in [0.3, 0.4) is 0 Å². The third-order valence-electron chi connectivity index (χ3n) is 3.90. The molecule has 0 saturated heterocycles. The second kappa shape index (κ2) is 7.02. The number of aromatic nitrogens is 3. The van der Waals surface area contributed by atoms with Gasteiger partial charge in [-0.2, -0.15) is 0 Å². The molecule has 3 N–H and O–H groups in total. The Hall–Kier alpha value is -2.05. The Morgan fingerprint density at radius 2 is 1.91 bits per heavy atom. The maximum absolute atomic E-state index is 5.66. The fourth-order valence-electron chi connectivity index (χ4n) is 2.54. The summed E-state index contributed by atoms with van der Waals surface area (Å²) in [5.41, 5.74) is 8.19. The smallest absolute Gasteiger partial charge is 0.138 e. The van der Waals surface area contributed by atoms with Gasteiger partial charge in [-0.25, -0.2) is 9.97 Å². The quantitative estimate of drug-likeness (QED) is 0.728. The van der Waals surface area contributed by atoms with Gasteiger partial charge in [0.05, 0.1) is 5.39 Å². The van der Waals surface area contributed by atoms with Gasteiger partial charge in [0.1, 0.15) is 16.5 Å². The Balaban J connectivity index is 1.85. The van der Waals surface area contributed by atoms with Crippen LogP contribution in [-0.2, 0) is 12.8 Å². The van der Waals surface area contributed by atoms with Gasteiger partial charge in [0.25, 0.3) is 0 Å². The first-order valence-corrected chi connectivity index (χ1v) is 8.60. The molecule has 0 aliphatic rings. The van der Waals surface area contributed by atoms with Crippen molar-refractivity contribution in [3.63, 3.8) is 0 Å². The Bertz CT molecular complexity index is 798. The lowest BCUT2D eigenvalue weighted by atomic mass is 10.2. The number of pyridine rings is 1. The van der Waals surface area contributed by atoms with Crippen molar-refractivity contribution in [3.8, 4) is 0 Å². The molecule has 0 bridgehead atoms. The first-order valence-electron chi connectivity index (χ1n) is 7.78. The zero-order valence-electron chi connectivity index (χ0n) is 13.5. The summed E-state index contributed by atoms with van der Waals surface area (Å²) in [5, 5.41) is 4.63. The number of rotatable bonds is 6. The maximum atomic E-state index is 5.66. The number of nitrogens with one attached hydrogen (secondary N) is 1. The van der Waals surface area contributed by atoms with Crippen LogP contribution in [0.5, 0.6) is 0 Å². The third kappa shape index (κ3) is 3.48. The van der Waals surface area contributed by atoms with E-state index in [1.165, 1.54) is 16.0 Å². The van der Waals surface area contributed by atoms with Gasteiger partial charge in [-0.15, -0.1) is 11.3 Å². The van der Waals surface area contributed by atoms with Crippen molar-refractivity contribution >= 4 is 27.4 Å². The first kappa shape index (κ1) is 15.8. The van der Waals surface area contributed by atoms with E-state index in [4.69, 9.17) is 5.73 Å². The first-order chi connectivity index (χ1) is 11.2. The largest absolute Gasteiger partial charge is 0.369 e. The monoisotopic (exact) mass is 327 g/mol. The minimum atomic E-state index is 0.561. The van der Waals surface area contributed by atoms with E-state index in [0.717, 1.165) is 34.8 Å². The van der Waals surface area contributed by atoms with Crippen molar-refractivity contribution < 1.29 is 0 Å². The van der Waals surface area contributed by atoms with Crippen LogP contribution in [0.25, 0.3) is 10.2 Å². The minimum absolute atomic E-state index is 0.561. The zero-order chi connectivity index (χ0) is 16.2. The highest BCUT2D eigenvalue weighted by atomic mass is 32.1. The van der Waals surface area contributed by atoms with Crippen LogP contribution in [0.15, 0.2) is 24.5 Å². The standard InChI is InChI=1S/C17H21N5S/c1-11-12(2)23-17-15(11)16(21-14(22-17)3-7-18)20-10-6-13-4-8-19-9-5-13/h4-5,8-9H,3,6-7,10,18H2,1-2H3,(H,20,21,22). The molecule has 0 unspecified atom stereocenters. The van der Waals surface area contributed by atoms with E-state index < -0.39 is 0 Å². The van der Waals surface area contributed by atoms with Crippen molar-refractivity contribution in [2.24, 2.45) is 5.73 Å². The molecule has 0 fully saturated rings. The number of fused-ring (bicyclic) bond motifs is 1. The molecule has 0 saturated carbocycles. The van der Waals surface area contributed by atoms with Gasteiger partial charge in [-0.1, -0.05) is 0 Å². The molecule has 5 nitrogen and oxygen atoms in total. The second-order valence-electron chi connectivity index (χ2n) is 5.52. The second-order valence-corrected chi connectivity index (χ2v) is 6.73. The van der Waals surface area contributed by atoms with Crippen LogP contribution in [0.2, 0.25) is 0 Å². The molecule has 0 radical (unpaired) electrons. The Kier molecular flexibility index (Phi) is 4.83. The molecule has 3 heterocycles. The van der Waals surface area contributed by atoms with Gasteiger partial charge in [-0.3, -0.25) is 4.98 Å². The van der Waals surface area contributed by atoms with E-state index in [1.54, 1.807) is 11.3 Å². The van der Waals surface area contributed by atoms with E-state index in [2.05, 4.69) is 34.1 Å². The number of hydrogen-bond acceptors (Lipinski definition) is 6. The van der Waals surface area contributed by atoms with Crippen molar-refractivity contribution in [2.45, 2.75) is 26.7 Å². The lowest BCUT2D eigenvalue weighted by Gasteiger charge is -2.09. The Labute approximate surface area is 140 Å². The third-order valence-corrected chi connectivity index (χ3v) is 5.00. The van der Waals surface area contributed by atoms with Crippen LogP contribution in [0.4, 0.5) is 5.82 Å². The van der Waals surface area contributed by atoms with E-state index in [9.17, 15) is 0 Å². The van der Waals surface area contributed by atoms with Crippen LogP contribution in [-0.4, -0.2) is 28.0 Å². The molecule has 120 valence electrons. The van der Waals surface area contributed by atoms with Gasteiger partial charge < -0.3 is 11.1 Å². The summed E-state index contributed by atoms with van der Waals surface area (Å²) < 4.78 is 0. The van der Waals surface area contributed by atoms with Crippen molar-refractivity contribution in [1.29, 1.82) is 0 Å². The molecule has 6 heteroatoms. The molecule has 0 aromatic carbocycles. The lowest BCUT2D eigenvalue weighted by molar-refractivity contribution is 0.877. The lowest BCUT2D eigenvalue weighted by Crippen LogP contribution is -2.11. The predicted molar refractivity (Wildman–Crippen MR) is 96.1 cm³/mol. The van der Waals surface area contributed by atoms with Crippen LogP contribution in [0.1, 0.15) is 21.8 Å². The highest BCUT2D eigenvalue weighted by Gasteiger charge is 2.14. The van der Waals surface area contributed by atoms with Gasteiger partial charge in [0.15, 0.2) is 0 Å². The van der Waals surface area contributed by atoms with Crippen molar-refractivity contribution in [2.75, 3.05) is 18.4 Å². The topological polar surface area (TPSA) is 76.7 Å². The van der Waals surface area contributed by atoms with Gasteiger partial charge in [0.2, 0.25) is 0 Å². The Morgan fingerprint density at radius 3 is 2.65 bits per heavy atom.